The summed E-state index contributed by atoms with van der Waals surface area (Å²) in [4.78, 5) is 10.4. The summed E-state index contributed by atoms with van der Waals surface area (Å²) in [6.07, 6.45) is 1.59. The molecule has 0 spiro atoms. The van der Waals surface area contributed by atoms with E-state index < -0.39 is 12.0 Å². The van der Waals surface area contributed by atoms with Gasteiger partial charge in [-0.05, 0) is 24.1 Å². The molecule has 0 bridgehead atoms. The van der Waals surface area contributed by atoms with Gasteiger partial charge in [-0.15, -0.1) is 11.6 Å². The molecule has 0 aliphatic carbocycles. The molecule has 5 N–H and O–H groups in total. The Hall–Kier alpha value is -1.46. The first-order valence-electron chi connectivity index (χ1n) is 4.37. The molecular formula is C10H14ClNO4. The standard InChI is InChI=1S/C9H11NO4.CH3Cl/c10-6(9(13)14)3-5-1-2-7(11)8(12)4-5;1-2/h1-2,4,6,11-12H,3,10H2,(H,13,14);1H3. The Morgan fingerprint density at radius 3 is 2.38 bits per heavy atom. The maximum Gasteiger partial charge on any atom is 0.320 e. The van der Waals surface area contributed by atoms with Gasteiger partial charge in [-0.2, -0.15) is 0 Å². The van der Waals surface area contributed by atoms with Gasteiger partial charge in [0.15, 0.2) is 11.5 Å². The molecule has 0 saturated heterocycles. The predicted octanol–water partition coefficient (Wildman–Crippen LogP) is 0.907. The van der Waals surface area contributed by atoms with Crippen LogP contribution in [0.2, 0.25) is 0 Å². The zero-order valence-electron chi connectivity index (χ0n) is 8.72. The van der Waals surface area contributed by atoms with Crippen LogP contribution < -0.4 is 5.73 Å². The topological polar surface area (TPSA) is 104 Å². The third-order valence-corrected chi connectivity index (χ3v) is 1.81. The smallest absolute Gasteiger partial charge is 0.320 e. The van der Waals surface area contributed by atoms with Gasteiger partial charge in [-0.1, -0.05) is 6.07 Å². The number of carboxylic acids is 1. The number of alkyl halides is 1. The largest absolute Gasteiger partial charge is 0.504 e. The lowest BCUT2D eigenvalue weighted by atomic mass is 10.1. The summed E-state index contributed by atoms with van der Waals surface area (Å²) in [5.41, 5.74) is 5.86. The minimum Gasteiger partial charge on any atom is -0.504 e. The first kappa shape index (κ1) is 14.5. The van der Waals surface area contributed by atoms with Crippen LogP contribution in [0.15, 0.2) is 18.2 Å². The number of benzene rings is 1. The molecule has 90 valence electrons. The van der Waals surface area contributed by atoms with Crippen LogP contribution in [0.5, 0.6) is 11.5 Å². The van der Waals surface area contributed by atoms with Crippen molar-refractivity contribution >= 4 is 17.6 Å². The van der Waals surface area contributed by atoms with Crippen molar-refractivity contribution in [3.05, 3.63) is 23.8 Å². The second-order valence-corrected chi connectivity index (χ2v) is 2.97. The van der Waals surface area contributed by atoms with Crippen LogP contribution in [0.3, 0.4) is 0 Å². The molecule has 1 atom stereocenters. The lowest BCUT2D eigenvalue weighted by Gasteiger charge is -2.06. The van der Waals surface area contributed by atoms with Crippen LogP contribution in [-0.4, -0.2) is 33.7 Å². The van der Waals surface area contributed by atoms with Gasteiger partial charge in [0.25, 0.3) is 0 Å². The maximum atomic E-state index is 10.4. The maximum absolute atomic E-state index is 10.4. The second-order valence-electron chi connectivity index (χ2n) is 2.97. The van der Waals surface area contributed by atoms with E-state index in [4.69, 9.17) is 21.1 Å². The number of aliphatic carboxylic acids is 1. The Morgan fingerprint density at radius 2 is 1.94 bits per heavy atom. The summed E-state index contributed by atoms with van der Waals surface area (Å²) < 4.78 is 0. The van der Waals surface area contributed by atoms with Crippen molar-refractivity contribution in [3.63, 3.8) is 0 Å². The third-order valence-electron chi connectivity index (χ3n) is 1.81. The van der Waals surface area contributed by atoms with E-state index in [0.29, 0.717) is 5.56 Å². The number of hydrogen-bond acceptors (Lipinski definition) is 4. The van der Waals surface area contributed by atoms with Gasteiger partial charge in [0.05, 0.1) is 0 Å². The Morgan fingerprint density at radius 1 is 1.38 bits per heavy atom. The molecule has 0 amide bonds. The Bertz CT molecular complexity index is 357. The van der Waals surface area contributed by atoms with Crippen molar-refractivity contribution in [2.45, 2.75) is 12.5 Å². The number of rotatable bonds is 3. The van der Waals surface area contributed by atoms with E-state index in [2.05, 4.69) is 11.6 Å². The van der Waals surface area contributed by atoms with Gasteiger partial charge >= 0.3 is 5.97 Å². The Kier molecular flexibility index (Phi) is 6.29. The van der Waals surface area contributed by atoms with Crippen LogP contribution in [0.25, 0.3) is 0 Å². The summed E-state index contributed by atoms with van der Waals surface area (Å²) in [5, 5.41) is 26.6. The van der Waals surface area contributed by atoms with E-state index in [1.165, 1.54) is 24.6 Å². The normalized spacial score (nSPS) is 11.2. The molecule has 0 fully saturated rings. The molecule has 0 aromatic heterocycles. The van der Waals surface area contributed by atoms with Gasteiger partial charge in [0, 0.05) is 6.38 Å². The highest BCUT2D eigenvalue weighted by molar-refractivity contribution is 6.15. The molecule has 1 aromatic carbocycles. The minimum atomic E-state index is -1.10. The van der Waals surface area contributed by atoms with E-state index in [0.717, 1.165) is 0 Å². The average molecular weight is 248 g/mol. The quantitative estimate of drug-likeness (QED) is 0.469. The van der Waals surface area contributed by atoms with Crippen LogP contribution >= 0.6 is 11.6 Å². The highest BCUT2D eigenvalue weighted by Gasteiger charge is 2.12. The number of carbonyl (C=O) groups is 1. The highest BCUT2D eigenvalue weighted by atomic mass is 35.5. The molecule has 0 aliphatic rings. The predicted molar refractivity (Wildman–Crippen MR) is 60.9 cm³/mol. The first-order chi connectivity index (χ1) is 7.50. The number of phenolic OH excluding ortho intramolecular Hbond substituents is 2. The Labute approximate surface area is 98.1 Å². The van der Waals surface area contributed by atoms with Crippen molar-refractivity contribution in [2.75, 3.05) is 6.38 Å². The molecule has 1 unspecified atom stereocenters. The number of hydrogen-bond donors (Lipinski definition) is 4. The summed E-state index contributed by atoms with van der Waals surface area (Å²) in [6.45, 7) is 0. The first-order valence-corrected chi connectivity index (χ1v) is 5.13. The van der Waals surface area contributed by atoms with Crippen LogP contribution in [0, 0.1) is 0 Å². The molecular weight excluding hydrogens is 234 g/mol. The number of nitrogens with two attached hydrogens (primary N) is 1. The number of phenols is 2. The minimum absolute atomic E-state index is 0.114. The van der Waals surface area contributed by atoms with E-state index in [-0.39, 0.29) is 17.9 Å². The summed E-state index contributed by atoms with van der Waals surface area (Å²) in [5.74, 6) is -1.62. The van der Waals surface area contributed by atoms with Gasteiger partial charge in [0.2, 0.25) is 0 Å². The van der Waals surface area contributed by atoms with E-state index in [1.54, 1.807) is 0 Å². The van der Waals surface area contributed by atoms with E-state index in [9.17, 15) is 4.79 Å². The van der Waals surface area contributed by atoms with E-state index >= 15 is 0 Å². The van der Waals surface area contributed by atoms with Gasteiger partial charge in [0.1, 0.15) is 6.04 Å². The number of halogens is 1. The lowest BCUT2D eigenvalue weighted by molar-refractivity contribution is -0.138. The number of aromatic hydroxyl groups is 2. The summed E-state index contributed by atoms with van der Waals surface area (Å²) in [7, 11) is 0. The lowest BCUT2D eigenvalue weighted by Crippen LogP contribution is -2.32. The van der Waals surface area contributed by atoms with Crippen molar-refractivity contribution in [1.82, 2.24) is 0 Å². The fraction of sp³-hybridized carbons (Fsp3) is 0.300. The van der Waals surface area contributed by atoms with Crippen LogP contribution in [0.4, 0.5) is 0 Å². The fourth-order valence-electron chi connectivity index (χ4n) is 1.04. The Balaban J connectivity index is 0.00000106. The van der Waals surface area contributed by atoms with Crippen molar-refractivity contribution in [3.8, 4) is 11.5 Å². The van der Waals surface area contributed by atoms with Crippen LogP contribution in [0.1, 0.15) is 5.56 Å². The van der Waals surface area contributed by atoms with Crippen molar-refractivity contribution in [1.29, 1.82) is 0 Å². The van der Waals surface area contributed by atoms with Gasteiger partial charge in [-0.25, -0.2) is 0 Å². The molecule has 1 aromatic rings. The molecule has 5 nitrogen and oxygen atoms in total. The van der Waals surface area contributed by atoms with Crippen molar-refractivity contribution < 1.29 is 20.1 Å². The molecule has 1 rings (SSSR count). The molecule has 0 saturated carbocycles. The van der Waals surface area contributed by atoms with Gasteiger partial charge < -0.3 is 21.1 Å². The van der Waals surface area contributed by atoms with Gasteiger partial charge in [-0.3, -0.25) is 4.79 Å². The average Bonchev–Trinajstić information content (AvgIpc) is 2.26. The third kappa shape index (κ3) is 4.37. The van der Waals surface area contributed by atoms with E-state index in [1.807, 2.05) is 0 Å². The van der Waals surface area contributed by atoms with Crippen LogP contribution in [-0.2, 0) is 11.2 Å². The molecule has 0 heterocycles. The SMILES string of the molecule is CCl.NC(Cc1ccc(O)c(O)c1)C(=O)O. The summed E-state index contributed by atoms with van der Waals surface area (Å²) in [6, 6.07) is 3.09. The number of carboxylic acid groups (broad SMARTS) is 1. The molecule has 6 heteroatoms. The molecule has 16 heavy (non-hydrogen) atoms. The molecule has 0 aliphatic heterocycles. The zero-order chi connectivity index (χ0) is 12.7. The second kappa shape index (κ2) is 6.92. The van der Waals surface area contributed by atoms with Crippen molar-refractivity contribution in [2.24, 2.45) is 5.73 Å². The highest BCUT2D eigenvalue weighted by Crippen LogP contribution is 2.25. The zero-order valence-corrected chi connectivity index (χ0v) is 9.48. The monoisotopic (exact) mass is 247 g/mol. The summed E-state index contributed by atoms with van der Waals surface area (Å²) >= 11 is 4.64. The fourth-order valence-corrected chi connectivity index (χ4v) is 1.04. The molecule has 0 radical (unpaired) electrons.